The highest BCUT2D eigenvalue weighted by atomic mass is 31.2. The van der Waals surface area contributed by atoms with Crippen LogP contribution in [0, 0.1) is 18.6 Å². The molecule has 0 bridgehead atoms. The minimum Gasteiger partial charge on any atom is -0.350 e. The van der Waals surface area contributed by atoms with Gasteiger partial charge in [-0.1, -0.05) is 18.7 Å². The van der Waals surface area contributed by atoms with E-state index in [1.54, 1.807) is 24.3 Å². The molecule has 1 saturated heterocycles. The molecule has 1 atom stereocenters. The summed E-state index contributed by atoms with van der Waals surface area (Å²) in [5.74, 6) is -1.17. The van der Waals surface area contributed by atoms with Crippen LogP contribution in [0.3, 0.4) is 0 Å². The third kappa shape index (κ3) is 5.25. The van der Waals surface area contributed by atoms with Crippen molar-refractivity contribution in [3.63, 3.8) is 0 Å². The van der Waals surface area contributed by atoms with Crippen molar-refractivity contribution in [3.05, 3.63) is 88.4 Å². The fourth-order valence-electron chi connectivity index (χ4n) is 6.08. The Morgan fingerprint density at radius 2 is 1.80 bits per heavy atom. The van der Waals surface area contributed by atoms with E-state index in [2.05, 4.69) is 16.5 Å². The van der Waals surface area contributed by atoms with E-state index in [4.69, 9.17) is 0 Å². The number of amides is 1. The molecule has 6 rings (SSSR count). The van der Waals surface area contributed by atoms with Crippen molar-refractivity contribution in [2.75, 3.05) is 37.9 Å². The maximum Gasteiger partial charge on any atom is 0.355 e. The Balaban J connectivity index is 1.64. The lowest BCUT2D eigenvalue weighted by Gasteiger charge is -2.40. The topological polar surface area (TPSA) is 88.4 Å². The lowest BCUT2D eigenvalue weighted by Crippen LogP contribution is -2.54. The standard InChI is InChI=1S/C33H34F2N5O3P/c1-6-28(41)38-13-14-39(20(3)18-38)31-25-17-27(35)29(23-9-7-8-10-26(23)34)36-32(25)40(33(42)37-31)30-19(2)15-22(44(4,5)43)16-24(30)21-11-12-21/h6-10,15-17,20-21H,1,11-14,18H2,2-5H3/t20-/m0/s1. The summed E-state index contributed by atoms with van der Waals surface area (Å²) in [6.45, 7) is 11.8. The van der Waals surface area contributed by atoms with Gasteiger partial charge in [0.15, 0.2) is 5.65 Å². The molecule has 1 aliphatic heterocycles. The summed E-state index contributed by atoms with van der Waals surface area (Å²) in [6, 6.07) is 10.6. The first kappa shape index (κ1) is 29.9. The number of aryl methyl sites for hydroxylation is 1. The molecule has 2 aromatic heterocycles. The minimum atomic E-state index is -2.61. The summed E-state index contributed by atoms with van der Waals surface area (Å²) in [4.78, 5) is 39.1. The molecular formula is C33H34F2N5O3P. The van der Waals surface area contributed by atoms with Crippen LogP contribution in [0.2, 0.25) is 0 Å². The summed E-state index contributed by atoms with van der Waals surface area (Å²) in [7, 11) is -2.61. The number of hydrogen-bond acceptors (Lipinski definition) is 6. The van der Waals surface area contributed by atoms with E-state index in [1.165, 1.54) is 34.9 Å². The summed E-state index contributed by atoms with van der Waals surface area (Å²) in [5, 5.41) is 1.01. The first-order chi connectivity index (χ1) is 20.9. The number of carbonyl (C=O) groups excluding carboxylic acids is 1. The average molecular weight is 618 g/mol. The van der Waals surface area contributed by atoms with Gasteiger partial charge in [0, 0.05) is 36.5 Å². The molecule has 1 aliphatic carbocycles. The number of carbonyl (C=O) groups is 1. The molecule has 4 aromatic rings. The molecule has 0 radical (unpaired) electrons. The van der Waals surface area contributed by atoms with Crippen molar-refractivity contribution in [1.82, 2.24) is 19.4 Å². The quantitative estimate of drug-likeness (QED) is 0.213. The summed E-state index contributed by atoms with van der Waals surface area (Å²) >= 11 is 0. The van der Waals surface area contributed by atoms with Crippen LogP contribution in [-0.4, -0.2) is 64.3 Å². The number of benzene rings is 2. The third-order valence-electron chi connectivity index (χ3n) is 8.49. The van der Waals surface area contributed by atoms with Crippen LogP contribution >= 0.6 is 7.14 Å². The smallest absolute Gasteiger partial charge is 0.350 e. The molecule has 2 aliphatic rings. The van der Waals surface area contributed by atoms with E-state index in [9.17, 15) is 18.5 Å². The summed E-state index contributed by atoms with van der Waals surface area (Å²) in [5.41, 5.74) is 1.44. The lowest BCUT2D eigenvalue weighted by molar-refractivity contribution is -0.126. The normalized spacial score (nSPS) is 17.3. The number of piperazine rings is 1. The Morgan fingerprint density at radius 1 is 1.07 bits per heavy atom. The summed E-state index contributed by atoms with van der Waals surface area (Å²) in [6.07, 6.45) is 3.10. The predicted molar refractivity (Wildman–Crippen MR) is 170 cm³/mol. The number of anilines is 1. The van der Waals surface area contributed by atoms with Gasteiger partial charge in [0.1, 0.15) is 30.3 Å². The highest BCUT2D eigenvalue weighted by Gasteiger charge is 2.33. The van der Waals surface area contributed by atoms with E-state index >= 15 is 4.39 Å². The average Bonchev–Trinajstić information content (AvgIpc) is 3.82. The van der Waals surface area contributed by atoms with Gasteiger partial charge in [-0.25, -0.2) is 23.1 Å². The molecule has 0 N–H and O–H groups in total. The molecule has 8 nitrogen and oxygen atoms in total. The van der Waals surface area contributed by atoms with Crippen LogP contribution < -0.4 is 15.9 Å². The Kier molecular flexibility index (Phi) is 7.52. The lowest BCUT2D eigenvalue weighted by atomic mass is 10.0. The molecule has 3 heterocycles. The highest BCUT2D eigenvalue weighted by molar-refractivity contribution is 7.70. The molecule has 11 heteroatoms. The molecule has 228 valence electrons. The molecule has 2 fully saturated rings. The molecule has 44 heavy (non-hydrogen) atoms. The van der Waals surface area contributed by atoms with E-state index in [1.807, 2.05) is 30.9 Å². The number of aromatic nitrogens is 3. The van der Waals surface area contributed by atoms with Gasteiger partial charge in [0.05, 0.1) is 11.1 Å². The Labute approximate surface area is 254 Å². The second kappa shape index (κ2) is 11.1. The molecule has 1 amide bonds. The van der Waals surface area contributed by atoms with Crippen molar-refractivity contribution in [3.8, 4) is 16.9 Å². The van der Waals surface area contributed by atoms with Crippen LogP contribution in [0.4, 0.5) is 14.6 Å². The Bertz CT molecular complexity index is 1950. The zero-order valence-corrected chi connectivity index (χ0v) is 26.1. The van der Waals surface area contributed by atoms with Crippen LogP contribution in [0.15, 0.2) is 59.9 Å². The van der Waals surface area contributed by atoms with E-state index in [0.29, 0.717) is 30.7 Å². The zero-order valence-electron chi connectivity index (χ0n) is 25.2. The zero-order chi connectivity index (χ0) is 31.5. The number of nitrogens with zero attached hydrogens (tertiary/aromatic N) is 5. The van der Waals surface area contributed by atoms with Gasteiger partial charge in [-0.15, -0.1) is 0 Å². The van der Waals surface area contributed by atoms with Crippen molar-refractivity contribution in [2.45, 2.75) is 38.6 Å². The van der Waals surface area contributed by atoms with Crippen molar-refractivity contribution in [2.24, 2.45) is 0 Å². The molecule has 2 aromatic carbocycles. The largest absolute Gasteiger partial charge is 0.355 e. The second-order valence-electron chi connectivity index (χ2n) is 12.1. The van der Waals surface area contributed by atoms with Crippen LogP contribution in [0.5, 0.6) is 0 Å². The maximum atomic E-state index is 15.9. The second-order valence-corrected chi connectivity index (χ2v) is 15.3. The van der Waals surface area contributed by atoms with E-state index in [-0.39, 0.29) is 40.6 Å². The summed E-state index contributed by atoms with van der Waals surface area (Å²) < 4.78 is 45.3. The SMILES string of the molecule is C=CC(=O)N1CCN(c2nc(=O)n(-c3c(C)cc(P(C)(C)=O)cc3C3CC3)c3nc(-c4ccccc4F)c(F)cc23)[C@@H](C)C1. The monoisotopic (exact) mass is 617 g/mol. The van der Waals surface area contributed by atoms with Crippen LogP contribution in [-0.2, 0) is 9.36 Å². The first-order valence-corrected chi connectivity index (χ1v) is 17.3. The Hall–Kier alpha value is -4.17. The third-order valence-corrected chi connectivity index (χ3v) is 10.00. The number of halogens is 2. The predicted octanol–water partition coefficient (Wildman–Crippen LogP) is 5.38. The molecule has 0 unspecified atom stereocenters. The maximum absolute atomic E-state index is 15.9. The number of hydrogen-bond donors (Lipinski definition) is 0. The fraction of sp³-hybridized carbons (Fsp3) is 0.333. The van der Waals surface area contributed by atoms with Gasteiger partial charge in [-0.05, 0) is 93.5 Å². The van der Waals surface area contributed by atoms with Gasteiger partial charge in [-0.3, -0.25) is 4.79 Å². The van der Waals surface area contributed by atoms with Crippen LogP contribution in [0.25, 0.3) is 28.0 Å². The Morgan fingerprint density at radius 3 is 2.43 bits per heavy atom. The van der Waals surface area contributed by atoms with Crippen molar-refractivity contribution < 1.29 is 18.1 Å². The van der Waals surface area contributed by atoms with E-state index in [0.717, 1.165) is 29.3 Å². The van der Waals surface area contributed by atoms with Crippen molar-refractivity contribution >= 4 is 35.2 Å². The molecule has 1 saturated carbocycles. The van der Waals surface area contributed by atoms with Gasteiger partial charge in [0.2, 0.25) is 5.91 Å². The van der Waals surface area contributed by atoms with Crippen molar-refractivity contribution in [1.29, 1.82) is 0 Å². The van der Waals surface area contributed by atoms with E-state index < -0.39 is 24.5 Å². The first-order valence-electron chi connectivity index (χ1n) is 14.7. The van der Waals surface area contributed by atoms with Gasteiger partial charge >= 0.3 is 5.69 Å². The highest BCUT2D eigenvalue weighted by Crippen LogP contribution is 2.46. The van der Waals surface area contributed by atoms with Gasteiger partial charge in [0.25, 0.3) is 0 Å². The van der Waals surface area contributed by atoms with Gasteiger partial charge < -0.3 is 14.4 Å². The van der Waals surface area contributed by atoms with Crippen LogP contribution in [0.1, 0.15) is 36.8 Å². The molecular weight excluding hydrogens is 583 g/mol. The number of fused-ring (bicyclic) bond motifs is 1. The number of pyridine rings is 1. The number of rotatable bonds is 6. The molecule has 0 spiro atoms. The van der Waals surface area contributed by atoms with Gasteiger partial charge in [-0.2, -0.15) is 4.98 Å². The fourth-order valence-corrected chi connectivity index (χ4v) is 7.03. The minimum absolute atomic E-state index is 0.0263.